The largest absolute Gasteiger partial charge is 0.338 e. The number of hydrogen-bond acceptors (Lipinski definition) is 2. The molecule has 1 aliphatic heterocycles. The summed E-state index contributed by atoms with van der Waals surface area (Å²) >= 11 is 0. The number of rotatable bonds is 4. The number of hydrogen-bond donors (Lipinski definition) is 1. The Morgan fingerprint density at radius 3 is 2.69 bits per heavy atom. The second-order valence-electron chi connectivity index (χ2n) is 3.78. The topological polar surface area (TPSA) is 32.3 Å². The minimum absolute atomic E-state index is 0.0557. The van der Waals surface area contributed by atoms with Gasteiger partial charge in [0.15, 0.2) is 0 Å². The molecule has 0 aromatic heterocycles. The van der Waals surface area contributed by atoms with E-state index in [-0.39, 0.29) is 5.91 Å². The Hall–Kier alpha value is -0.830. The molecule has 0 atom stereocenters. The second kappa shape index (κ2) is 3.92. The highest BCUT2D eigenvalue weighted by molar-refractivity contribution is 5.87. The van der Waals surface area contributed by atoms with E-state index in [2.05, 4.69) is 18.8 Å². The monoisotopic (exact) mass is 182 g/mol. The molecule has 0 aromatic carbocycles. The van der Waals surface area contributed by atoms with Crippen molar-refractivity contribution in [3.63, 3.8) is 0 Å². The number of nitrogens with one attached hydrogen (secondary N) is 1. The fraction of sp³-hybridized carbons (Fsp3) is 0.700. The fourth-order valence-corrected chi connectivity index (χ4v) is 1.88. The molecule has 13 heavy (non-hydrogen) atoms. The van der Waals surface area contributed by atoms with Gasteiger partial charge in [0.1, 0.15) is 0 Å². The predicted molar refractivity (Wildman–Crippen MR) is 53.4 cm³/mol. The van der Waals surface area contributed by atoms with Crippen LogP contribution in [0.1, 0.15) is 13.3 Å². The molecule has 0 spiro atoms. The van der Waals surface area contributed by atoms with E-state index in [4.69, 9.17) is 0 Å². The number of carbonyl (C=O) groups is 1. The van der Waals surface area contributed by atoms with Gasteiger partial charge in [-0.2, -0.15) is 0 Å². The average Bonchev–Trinajstić information content (AvgIpc) is 2.09. The molecule has 1 fully saturated rings. The number of carbonyl (C=O) groups excluding carboxylic acids is 1. The summed E-state index contributed by atoms with van der Waals surface area (Å²) in [5.74, 6) is 0.0557. The molecule has 1 rings (SSSR count). The molecule has 1 amide bonds. The Kier molecular flexibility index (Phi) is 3.09. The molecule has 3 heteroatoms. The predicted octanol–water partition coefficient (Wildman–Crippen LogP) is 0.630. The molecular formula is C10H18N2O. The van der Waals surface area contributed by atoms with Gasteiger partial charge >= 0.3 is 0 Å². The van der Waals surface area contributed by atoms with Gasteiger partial charge in [0, 0.05) is 25.0 Å². The third-order valence-electron chi connectivity index (χ3n) is 2.84. The van der Waals surface area contributed by atoms with Crippen molar-refractivity contribution in [2.45, 2.75) is 13.3 Å². The lowest BCUT2D eigenvalue weighted by Gasteiger charge is -2.49. The highest BCUT2D eigenvalue weighted by Crippen LogP contribution is 2.33. The minimum atomic E-state index is 0.0557. The van der Waals surface area contributed by atoms with E-state index < -0.39 is 0 Å². The van der Waals surface area contributed by atoms with Crippen molar-refractivity contribution in [2.75, 3.05) is 26.7 Å². The molecule has 1 N–H and O–H groups in total. The van der Waals surface area contributed by atoms with Gasteiger partial charge in [0.2, 0.25) is 5.91 Å². The summed E-state index contributed by atoms with van der Waals surface area (Å²) in [5.41, 5.74) is 0.313. The number of nitrogens with zero attached hydrogens (tertiary/aromatic N) is 1. The Morgan fingerprint density at radius 1 is 1.69 bits per heavy atom. The molecule has 1 aliphatic rings. The molecule has 0 unspecified atom stereocenters. The maximum atomic E-state index is 11.2. The third kappa shape index (κ3) is 1.91. The van der Waals surface area contributed by atoms with Crippen molar-refractivity contribution in [1.82, 2.24) is 10.2 Å². The lowest BCUT2D eigenvalue weighted by molar-refractivity contribution is -0.137. The van der Waals surface area contributed by atoms with Gasteiger partial charge in [-0.25, -0.2) is 0 Å². The standard InChI is InChI=1S/C10H18N2O/c1-4-9(13)12-7-10(5-2,8-12)6-11-3/h4,11H,1,5-8H2,2-3H3. The van der Waals surface area contributed by atoms with Crippen LogP contribution in [0.15, 0.2) is 12.7 Å². The van der Waals surface area contributed by atoms with Crippen LogP contribution in [-0.4, -0.2) is 37.5 Å². The van der Waals surface area contributed by atoms with Crippen LogP contribution in [0.5, 0.6) is 0 Å². The Morgan fingerprint density at radius 2 is 2.31 bits per heavy atom. The van der Waals surface area contributed by atoms with Crippen LogP contribution in [0.25, 0.3) is 0 Å². The summed E-state index contributed by atoms with van der Waals surface area (Å²) in [6.45, 7) is 8.38. The van der Waals surface area contributed by atoms with Gasteiger partial charge in [-0.3, -0.25) is 4.79 Å². The quantitative estimate of drug-likeness (QED) is 0.647. The van der Waals surface area contributed by atoms with Crippen molar-refractivity contribution in [3.8, 4) is 0 Å². The molecule has 0 saturated carbocycles. The first-order valence-corrected chi connectivity index (χ1v) is 4.73. The lowest BCUT2D eigenvalue weighted by atomic mass is 9.77. The van der Waals surface area contributed by atoms with Gasteiger partial charge in [-0.1, -0.05) is 13.5 Å². The van der Waals surface area contributed by atoms with Crippen LogP contribution in [0, 0.1) is 5.41 Å². The summed E-state index contributed by atoms with van der Waals surface area (Å²) < 4.78 is 0. The number of amides is 1. The van der Waals surface area contributed by atoms with Gasteiger partial charge in [-0.05, 0) is 19.5 Å². The van der Waals surface area contributed by atoms with Crippen molar-refractivity contribution >= 4 is 5.91 Å². The molecule has 3 nitrogen and oxygen atoms in total. The number of likely N-dealkylation sites (tertiary alicyclic amines) is 1. The van der Waals surface area contributed by atoms with E-state index in [1.165, 1.54) is 6.08 Å². The van der Waals surface area contributed by atoms with E-state index in [0.29, 0.717) is 5.41 Å². The molecule has 0 bridgehead atoms. The summed E-state index contributed by atoms with van der Waals surface area (Å²) in [7, 11) is 1.95. The summed E-state index contributed by atoms with van der Waals surface area (Å²) in [6.07, 6.45) is 2.51. The van der Waals surface area contributed by atoms with Crippen LogP contribution in [0.3, 0.4) is 0 Å². The summed E-state index contributed by atoms with van der Waals surface area (Å²) in [6, 6.07) is 0. The van der Waals surface area contributed by atoms with Gasteiger partial charge < -0.3 is 10.2 Å². The Bertz CT molecular complexity index is 207. The molecule has 0 radical (unpaired) electrons. The van der Waals surface area contributed by atoms with Crippen LogP contribution in [-0.2, 0) is 4.79 Å². The molecule has 0 aromatic rings. The first-order valence-electron chi connectivity index (χ1n) is 4.73. The highest BCUT2D eigenvalue weighted by Gasteiger charge is 2.42. The van der Waals surface area contributed by atoms with Crippen molar-refractivity contribution < 1.29 is 4.79 Å². The van der Waals surface area contributed by atoms with Crippen LogP contribution >= 0.6 is 0 Å². The highest BCUT2D eigenvalue weighted by atomic mass is 16.2. The van der Waals surface area contributed by atoms with Crippen LogP contribution < -0.4 is 5.32 Å². The van der Waals surface area contributed by atoms with Crippen LogP contribution in [0.2, 0.25) is 0 Å². The van der Waals surface area contributed by atoms with Gasteiger partial charge in [0.05, 0.1) is 0 Å². The zero-order valence-corrected chi connectivity index (χ0v) is 8.47. The van der Waals surface area contributed by atoms with Gasteiger partial charge in [0.25, 0.3) is 0 Å². The molecule has 74 valence electrons. The third-order valence-corrected chi connectivity index (χ3v) is 2.84. The zero-order chi connectivity index (χ0) is 9.90. The molecule has 1 heterocycles. The average molecular weight is 182 g/mol. The molecule has 1 saturated heterocycles. The van der Waals surface area contributed by atoms with E-state index >= 15 is 0 Å². The zero-order valence-electron chi connectivity index (χ0n) is 8.47. The van der Waals surface area contributed by atoms with E-state index in [1.807, 2.05) is 11.9 Å². The van der Waals surface area contributed by atoms with E-state index in [9.17, 15) is 4.79 Å². The van der Waals surface area contributed by atoms with E-state index in [1.54, 1.807) is 0 Å². The normalized spacial score (nSPS) is 19.4. The van der Waals surface area contributed by atoms with E-state index in [0.717, 1.165) is 26.1 Å². The van der Waals surface area contributed by atoms with Crippen molar-refractivity contribution in [3.05, 3.63) is 12.7 Å². The van der Waals surface area contributed by atoms with Crippen molar-refractivity contribution in [1.29, 1.82) is 0 Å². The SMILES string of the molecule is C=CC(=O)N1CC(CC)(CNC)C1. The van der Waals surface area contributed by atoms with Crippen LogP contribution in [0.4, 0.5) is 0 Å². The molecular weight excluding hydrogens is 164 g/mol. The first-order chi connectivity index (χ1) is 6.17. The Labute approximate surface area is 79.8 Å². The summed E-state index contributed by atoms with van der Waals surface area (Å²) in [5, 5.41) is 3.18. The summed E-state index contributed by atoms with van der Waals surface area (Å²) in [4.78, 5) is 13.0. The Balaban J connectivity index is 2.44. The second-order valence-corrected chi connectivity index (χ2v) is 3.78. The first kappa shape index (κ1) is 10.3. The maximum Gasteiger partial charge on any atom is 0.245 e. The fourth-order valence-electron chi connectivity index (χ4n) is 1.88. The lowest BCUT2D eigenvalue weighted by Crippen LogP contribution is -2.61. The van der Waals surface area contributed by atoms with Gasteiger partial charge in [-0.15, -0.1) is 0 Å². The smallest absolute Gasteiger partial charge is 0.245 e. The maximum absolute atomic E-state index is 11.2. The van der Waals surface area contributed by atoms with Crippen molar-refractivity contribution in [2.24, 2.45) is 5.41 Å². The molecule has 0 aliphatic carbocycles. The minimum Gasteiger partial charge on any atom is -0.338 e.